The molecule has 3 aromatic carbocycles. The molecule has 22 nitrogen and oxygen atoms in total. The van der Waals surface area contributed by atoms with E-state index in [4.69, 9.17) is 37.6 Å². The van der Waals surface area contributed by atoms with Crippen LogP contribution in [-0.2, 0) is 28.5 Å². The highest BCUT2D eigenvalue weighted by molar-refractivity contribution is 5.89. The number of carbonyl (C=O) groups excluding carboxylic acids is 1. The summed E-state index contributed by atoms with van der Waals surface area (Å²) in [6.45, 7) is 3.66. The predicted molar refractivity (Wildman–Crippen MR) is 217 cm³/mol. The molecule has 0 bridgehead atoms. The molecule has 352 valence electrons. The fraction of sp³-hybridized carbons (Fsp3) is 0.442. The molecule has 0 aliphatic carbocycles. The third kappa shape index (κ3) is 9.70. The molecule has 15 atom stereocenters. The van der Waals surface area contributed by atoms with Gasteiger partial charge in [-0.2, -0.15) is 0 Å². The molecule has 3 saturated heterocycles. The van der Waals surface area contributed by atoms with Gasteiger partial charge in [-0.15, -0.1) is 0 Å². The first-order valence-electron chi connectivity index (χ1n) is 20.1. The number of benzene rings is 3. The van der Waals surface area contributed by atoms with Crippen molar-refractivity contribution in [3.63, 3.8) is 0 Å². The number of rotatable bonds is 11. The maximum Gasteiger partial charge on any atom is 0.330 e. The molecule has 1 aromatic heterocycles. The van der Waals surface area contributed by atoms with E-state index in [1.165, 1.54) is 32.1 Å². The van der Waals surface area contributed by atoms with Crippen molar-refractivity contribution in [1.82, 2.24) is 0 Å². The summed E-state index contributed by atoms with van der Waals surface area (Å²) in [7, 11) is 0. The monoisotopic (exact) mass is 916 g/mol. The summed E-state index contributed by atoms with van der Waals surface area (Å²) in [6.07, 6.45) is -23.2. The van der Waals surface area contributed by atoms with Gasteiger partial charge < -0.3 is 98.9 Å². The van der Waals surface area contributed by atoms with Crippen LogP contribution in [0.2, 0.25) is 0 Å². The van der Waals surface area contributed by atoms with E-state index in [1.54, 1.807) is 19.1 Å². The maximum atomic E-state index is 14.5. The second kappa shape index (κ2) is 19.1. The van der Waals surface area contributed by atoms with E-state index in [2.05, 4.69) is 0 Å². The second-order valence-electron chi connectivity index (χ2n) is 15.8. The minimum atomic E-state index is -2.08. The molecular weight excluding hydrogens is 868 g/mol. The lowest BCUT2D eigenvalue weighted by Crippen LogP contribution is -2.64. The molecule has 3 aliphatic heterocycles. The Labute approximate surface area is 367 Å². The number of aromatic hydroxyl groups is 4. The van der Waals surface area contributed by atoms with Crippen molar-refractivity contribution < 1.29 is 104 Å². The molecular formula is C43H48O22. The highest BCUT2D eigenvalue weighted by Crippen LogP contribution is 2.41. The number of hydrogen-bond acceptors (Lipinski definition) is 22. The van der Waals surface area contributed by atoms with Gasteiger partial charge in [0.25, 0.3) is 0 Å². The smallest absolute Gasteiger partial charge is 0.330 e. The van der Waals surface area contributed by atoms with Crippen molar-refractivity contribution in [3.8, 4) is 45.8 Å². The van der Waals surface area contributed by atoms with Crippen LogP contribution in [0, 0.1) is 6.92 Å². The number of carbonyl (C=O) groups is 1. The number of ether oxygens (including phenoxy) is 7. The summed E-state index contributed by atoms with van der Waals surface area (Å²) in [5, 5.41) is 127. The average Bonchev–Trinajstić information content (AvgIpc) is 3.26. The summed E-state index contributed by atoms with van der Waals surface area (Å²) >= 11 is 0. The molecule has 0 saturated carbocycles. The van der Waals surface area contributed by atoms with Crippen LogP contribution in [0.15, 0.2) is 63.8 Å². The summed E-state index contributed by atoms with van der Waals surface area (Å²) in [6, 6.07) is 9.85. The van der Waals surface area contributed by atoms with Crippen molar-refractivity contribution in [2.75, 3.05) is 6.61 Å². The van der Waals surface area contributed by atoms with Crippen molar-refractivity contribution in [1.29, 1.82) is 0 Å². The molecule has 7 rings (SSSR count). The van der Waals surface area contributed by atoms with Gasteiger partial charge in [0.15, 0.2) is 29.7 Å². The van der Waals surface area contributed by atoms with Gasteiger partial charge in [0.2, 0.25) is 23.8 Å². The summed E-state index contributed by atoms with van der Waals surface area (Å²) in [5.41, 5.74) is -0.683. The zero-order valence-corrected chi connectivity index (χ0v) is 34.6. The fourth-order valence-electron chi connectivity index (χ4n) is 7.32. The van der Waals surface area contributed by atoms with Crippen LogP contribution < -0.4 is 14.9 Å². The lowest BCUT2D eigenvalue weighted by Gasteiger charge is -2.45. The normalized spacial score (nSPS) is 32.9. The van der Waals surface area contributed by atoms with Gasteiger partial charge in [0, 0.05) is 23.8 Å². The van der Waals surface area contributed by atoms with Gasteiger partial charge >= 0.3 is 5.97 Å². The second-order valence-corrected chi connectivity index (χ2v) is 15.8. The van der Waals surface area contributed by atoms with Crippen LogP contribution in [0.1, 0.15) is 25.0 Å². The quantitative estimate of drug-likeness (QED) is 0.0492. The van der Waals surface area contributed by atoms with Crippen molar-refractivity contribution in [2.24, 2.45) is 0 Å². The van der Waals surface area contributed by atoms with Gasteiger partial charge in [-0.1, -0.05) is 12.1 Å². The molecule has 0 radical (unpaired) electrons. The maximum absolute atomic E-state index is 14.5. The zero-order valence-electron chi connectivity index (χ0n) is 34.6. The number of phenols is 4. The van der Waals surface area contributed by atoms with Gasteiger partial charge in [-0.05, 0) is 62.2 Å². The Morgan fingerprint density at radius 1 is 0.662 bits per heavy atom. The SMILES string of the molecule is Cc1ccc(/C=C/C(=O)OCC2O[C@@H](Oc3c(-c4ccc(O)c(O)c4)oc4cc(O[C@@H]5OC(C)[C@H](O)[C@H](O)C5O)cc(O)c4c3=O)C(O[C@@H]3OC(C)[C@H](O)[C@H](O)C3O)[C@@H](O)[C@@H]2O)cc1O. The Hall–Kier alpha value is -5.60. The van der Waals surface area contributed by atoms with Crippen LogP contribution >= 0.6 is 0 Å². The summed E-state index contributed by atoms with van der Waals surface area (Å²) in [4.78, 5) is 27.3. The molecule has 0 spiro atoms. The largest absolute Gasteiger partial charge is 0.508 e. The number of aliphatic hydroxyl groups excluding tert-OH is 8. The lowest BCUT2D eigenvalue weighted by molar-refractivity contribution is -0.354. The number of fused-ring (bicyclic) bond motifs is 1. The van der Waals surface area contributed by atoms with E-state index in [-0.39, 0.29) is 17.1 Å². The van der Waals surface area contributed by atoms with Crippen molar-refractivity contribution >= 4 is 23.0 Å². The first kappa shape index (κ1) is 47.4. The van der Waals surface area contributed by atoms with Gasteiger partial charge in [-0.3, -0.25) is 4.79 Å². The Kier molecular flexibility index (Phi) is 13.9. The molecule has 65 heavy (non-hydrogen) atoms. The van der Waals surface area contributed by atoms with E-state index < -0.39 is 150 Å². The Bertz CT molecular complexity index is 2450. The number of phenolic OH excluding ortho intramolecular Hbond substituents is 4. The Balaban J connectivity index is 1.26. The number of hydrogen-bond donors (Lipinski definition) is 12. The number of aryl methyl sites for hydroxylation is 1. The summed E-state index contributed by atoms with van der Waals surface area (Å²) in [5.74, 6) is -4.69. The highest BCUT2D eigenvalue weighted by Gasteiger charge is 2.52. The predicted octanol–water partition coefficient (Wildman–Crippen LogP) is -0.908. The van der Waals surface area contributed by atoms with Crippen LogP contribution in [0.25, 0.3) is 28.4 Å². The molecule has 6 unspecified atom stereocenters. The zero-order chi connectivity index (χ0) is 47.2. The van der Waals surface area contributed by atoms with Gasteiger partial charge in [0.05, 0.1) is 12.2 Å². The van der Waals surface area contributed by atoms with E-state index in [0.717, 1.165) is 30.3 Å². The molecule has 0 amide bonds. The third-order valence-electron chi connectivity index (χ3n) is 11.2. The Morgan fingerprint density at radius 3 is 1.98 bits per heavy atom. The van der Waals surface area contributed by atoms with Crippen LogP contribution in [0.5, 0.6) is 34.5 Å². The minimum absolute atomic E-state index is 0.0222. The molecule has 22 heteroatoms. The van der Waals surface area contributed by atoms with Crippen LogP contribution in [0.3, 0.4) is 0 Å². The van der Waals surface area contributed by atoms with Crippen LogP contribution in [-0.4, -0.2) is 166 Å². The Morgan fingerprint density at radius 2 is 1.32 bits per heavy atom. The summed E-state index contributed by atoms with van der Waals surface area (Å²) < 4.78 is 46.0. The average molecular weight is 917 g/mol. The van der Waals surface area contributed by atoms with Crippen molar-refractivity contribution in [2.45, 2.75) is 113 Å². The van der Waals surface area contributed by atoms with Crippen molar-refractivity contribution in [3.05, 3.63) is 76.0 Å². The molecule has 4 heterocycles. The fourth-order valence-corrected chi connectivity index (χ4v) is 7.32. The first-order valence-corrected chi connectivity index (χ1v) is 20.1. The van der Waals surface area contributed by atoms with E-state index in [1.807, 2.05) is 0 Å². The third-order valence-corrected chi connectivity index (χ3v) is 11.2. The topological polar surface area (TPSA) is 355 Å². The number of esters is 1. The lowest BCUT2D eigenvalue weighted by atomic mass is 9.97. The standard InChI is InChI=1S/C43H48O22/c1-15-4-5-18(10-22(15)45)6-9-27(48)58-14-26-31(51)35(55)40(65-42-37(57)34(54)30(50)17(3)60-42)43(63-26)64-39-32(52)28-24(47)12-20(61-41-36(56)33(53)29(49)16(2)59-41)13-25(28)62-38(39)19-7-8-21(44)23(46)11-19/h4-13,16-17,26,29-31,33-37,40-47,49-51,53-57H,14H2,1-3H3/b9-6+/t16?,17?,26?,29-,30-,31+,33-,34-,35-,36?,37?,40?,41-,42-,43-/m0/s1. The number of aliphatic hydroxyl groups is 8. The van der Waals surface area contributed by atoms with E-state index in [9.17, 15) is 70.9 Å². The highest BCUT2D eigenvalue weighted by atomic mass is 16.8. The van der Waals surface area contributed by atoms with E-state index >= 15 is 0 Å². The molecule has 12 N–H and O–H groups in total. The van der Waals surface area contributed by atoms with Gasteiger partial charge in [-0.25, -0.2) is 4.79 Å². The van der Waals surface area contributed by atoms with Gasteiger partial charge in [0.1, 0.15) is 89.8 Å². The first-order chi connectivity index (χ1) is 30.7. The van der Waals surface area contributed by atoms with Crippen LogP contribution in [0.4, 0.5) is 0 Å². The molecule has 4 aromatic rings. The minimum Gasteiger partial charge on any atom is -0.508 e. The molecule has 3 fully saturated rings. The van der Waals surface area contributed by atoms with E-state index in [0.29, 0.717) is 11.1 Å². The molecule has 3 aliphatic rings.